The minimum Gasteiger partial charge on any atom is -0.365 e. The average molecular weight is 429 g/mol. The maximum atomic E-state index is 12.0. The van der Waals surface area contributed by atoms with Crippen molar-refractivity contribution in [3.05, 3.63) is 41.0 Å². The number of hydrogen-bond acceptors (Lipinski definition) is 5. The van der Waals surface area contributed by atoms with Crippen LogP contribution >= 0.6 is 11.6 Å². The number of aromatic nitrogens is 2. The molecular weight excluding hydrogens is 400 g/mol. The fourth-order valence-electron chi connectivity index (χ4n) is 3.99. The summed E-state index contributed by atoms with van der Waals surface area (Å²) in [4.78, 5) is 14.3. The van der Waals surface area contributed by atoms with Crippen molar-refractivity contribution in [1.82, 2.24) is 14.7 Å². The second-order valence-electron chi connectivity index (χ2n) is 8.92. The van der Waals surface area contributed by atoms with E-state index in [-0.39, 0.29) is 17.5 Å². The number of amides is 1. The maximum absolute atomic E-state index is 12.0. The lowest BCUT2D eigenvalue weighted by atomic mass is 9.80. The molecule has 1 aromatic heterocycles. The Balaban J connectivity index is 1.84. The van der Waals surface area contributed by atoms with Gasteiger partial charge in [0.2, 0.25) is 0 Å². The summed E-state index contributed by atoms with van der Waals surface area (Å²) in [6.07, 6.45) is 4.19. The lowest BCUT2D eigenvalue weighted by molar-refractivity contribution is 0.0657. The van der Waals surface area contributed by atoms with E-state index in [1.165, 1.54) is 0 Å². The van der Waals surface area contributed by atoms with Crippen LogP contribution in [0.2, 0.25) is 5.02 Å². The van der Waals surface area contributed by atoms with E-state index in [0.717, 1.165) is 24.9 Å². The van der Waals surface area contributed by atoms with Crippen LogP contribution in [0.1, 0.15) is 56.4 Å². The molecule has 0 saturated heterocycles. The molecule has 30 heavy (non-hydrogen) atoms. The first-order valence-electron chi connectivity index (χ1n) is 10.1. The normalized spacial score (nSPS) is 22.0. The molecule has 3 rings (SSSR count). The third-order valence-corrected chi connectivity index (χ3v) is 6.25. The van der Waals surface area contributed by atoms with Crippen molar-refractivity contribution in [1.29, 1.82) is 5.26 Å². The van der Waals surface area contributed by atoms with Gasteiger partial charge in [-0.05, 0) is 71.3 Å². The van der Waals surface area contributed by atoms with Gasteiger partial charge in [0, 0.05) is 28.5 Å². The van der Waals surface area contributed by atoms with Crippen LogP contribution in [0.5, 0.6) is 0 Å². The van der Waals surface area contributed by atoms with Gasteiger partial charge in [-0.15, -0.1) is 0 Å². The Morgan fingerprint density at radius 1 is 1.33 bits per heavy atom. The predicted molar refractivity (Wildman–Crippen MR) is 119 cm³/mol. The minimum atomic E-state index is -0.563. The van der Waals surface area contributed by atoms with Crippen LogP contribution in [-0.2, 0) is 0 Å². The number of halogens is 1. The molecule has 2 aromatic rings. The van der Waals surface area contributed by atoms with E-state index in [4.69, 9.17) is 17.3 Å². The molecule has 0 radical (unpaired) electrons. The number of nitrogens with zero attached hydrogens (tertiary/aromatic N) is 4. The zero-order chi connectivity index (χ0) is 22.1. The molecule has 1 aliphatic rings. The smallest absolute Gasteiger partial charge is 0.254 e. The van der Waals surface area contributed by atoms with Crippen molar-refractivity contribution >= 4 is 29.0 Å². The van der Waals surface area contributed by atoms with Gasteiger partial charge in [-0.25, -0.2) is 0 Å². The zero-order valence-electron chi connectivity index (χ0n) is 17.9. The van der Waals surface area contributed by atoms with Gasteiger partial charge in [0.15, 0.2) is 5.82 Å². The van der Waals surface area contributed by atoms with Crippen molar-refractivity contribution < 1.29 is 4.79 Å². The molecule has 1 saturated carbocycles. The molecule has 0 bridgehead atoms. The van der Waals surface area contributed by atoms with Crippen LogP contribution in [0, 0.1) is 17.2 Å². The molecule has 8 heteroatoms. The van der Waals surface area contributed by atoms with Crippen molar-refractivity contribution in [2.24, 2.45) is 11.7 Å². The van der Waals surface area contributed by atoms with E-state index in [1.807, 2.05) is 0 Å². The van der Waals surface area contributed by atoms with E-state index in [1.54, 1.807) is 35.1 Å². The molecule has 1 fully saturated rings. The van der Waals surface area contributed by atoms with Crippen LogP contribution in [0.3, 0.4) is 0 Å². The standard InChI is InChI=1S/C22H29ClN6O/c1-22(2,3)28(4)17-9-10-19(14(11-17)12-24)29-13-18(20(25)30)21(27-29)26-16-7-5-15(23)6-8-16/h5-8,13-14,17,19H,9-11H2,1-4H3,(H2,25,30)(H,26,27). The molecule has 1 heterocycles. The number of carbonyl (C=O) groups is 1. The summed E-state index contributed by atoms with van der Waals surface area (Å²) in [7, 11) is 2.12. The highest BCUT2D eigenvalue weighted by Gasteiger charge is 2.37. The van der Waals surface area contributed by atoms with Gasteiger partial charge in [-0.3, -0.25) is 14.4 Å². The van der Waals surface area contributed by atoms with Gasteiger partial charge in [0.25, 0.3) is 5.91 Å². The Morgan fingerprint density at radius 3 is 2.57 bits per heavy atom. The number of nitriles is 1. The van der Waals surface area contributed by atoms with Crippen molar-refractivity contribution in [3.63, 3.8) is 0 Å². The maximum Gasteiger partial charge on any atom is 0.254 e. The Kier molecular flexibility index (Phi) is 6.39. The van der Waals surface area contributed by atoms with Crippen LogP contribution in [0.15, 0.2) is 30.5 Å². The summed E-state index contributed by atoms with van der Waals surface area (Å²) in [5.41, 5.74) is 6.68. The van der Waals surface area contributed by atoms with Crippen molar-refractivity contribution in [3.8, 4) is 6.07 Å². The van der Waals surface area contributed by atoms with Crippen molar-refractivity contribution in [2.75, 3.05) is 12.4 Å². The first-order valence-corrected chi connectivity index (χ1v) is 10.5. The monoisotopic (exact) mass is 428 g/mol. The molecule has 0 spiro atoms. The zero-order valence-corrected chi connectivity index (χ0v) is 18.6. The number of anilines is 2. The van der Waals surface area contributed by atoms with E-state index in [0.29, 0.717) is 22.4 Å². The fraction of sp³-hybridized carbons (Fsp3) is 0.500. The van der Waals surface area contributed by atoms with E-state index in [2.05, 4.69) is 49.2 Å². The number of nitrogens with one attached hydrogen (secondary N) is 1. The first kappa shape index (κ1) is 22.1. The number of primary amides is 1. The molecule has 3 N–H and O–H groups in total. The lowest BCUT2D eigenvalue weighted by Crippen LogP contribution is -2.48. The highest BCUT2D eigenvalue weighted by Crippen LogP contribution is 2.38. The van der Waals surface area contributed by atoms with Gasteiger partial charge in [0.05, 0.1) is 18.0 Å². The summed E-state index contributed by atoms with van der Waals surface area (Å²) in [6.45, 7) is 6.55. The molecule has 0 aliphatic heterocycles. The summed E-state index contributed by atoms with van der Waals surface area (Å²) in [5.74, 6) is -0.375. The Hall–Kier alpha value is -2.56. The summed E-state index contributed by atoms with van der Waals surface area (Å²) in [5, 5.41) is 18.2. The molecule has 7 nitrogen and oxygen atoms in total. The average Bonchev–Trinajstić information content (AvgIpc) is 3.11. The highest BCUT2D eigenvalue weighted by molar-refractivity contribution is 6.30. The van der Waals surface area contributed by atoms with Crippen molar-refractivity contribution in [2.45, 2.75) is 57.7 Å². The third kappa shape index (κ3) is 4.77. The van der Waals surface area contributed by atoms with E-state index >= 15 is 0 Å². The Morgan fingerprint density at radius 2 is 2.00 bits per heavy atom. The van der Waals surface area contributed by atoms with Gasteiger partial charge in [-0.2, -0.15) is 10.4 Å². The molecule has 160 valence electrons. The minimum absolute atomic E-state index is 0.0397. The summed E-state index contributed by atoms with van der Waals surface area (Å²) in [6, 6.07) is 9.82. The second-order valence-corrected chi connectivity index (χ2v) is 9.36. The van der Waals surface area contributed by atoms with E-state index in [9.17, 15) is 10.1 Å². The first-order chi connectivity index (χ1) is 14.1. The third-order valence-electron chi connectivity index (χ3n) is 6.00. The van der Waals surface area contributed by atoms with Crippen LogP contribution < -0.4 is 11.1 Å². The summed E-state index contributed by atoms with van der Waals surface area (Å²) < 4.78 is 1.74. The quantitative estimate of drug-likeness (QED) is 0.737. The Bertz CT molecular complexity index is 940. The van der Waals surface area contributed by atoms with Gasteiger partial charge in [0.1, 0.15) is 5.56 Å². The summed E-state index contributed by atoms with van der Waals surface area (Å²) >= 11 is 5.94. The molecule has 3 atom stereocenters. The van der Waals surface area contributed by atoms with Crippen LogP contribution in [-0.4, -0.2) is 39.2 Å². The molecule has 1 aliphatic carbocycles. The van der Waals surface area contributed by atoms with Crippen LogP contribution in [0.4, 0.5) is 11.5 Å². The number of nitrogens with two attached hydrogens (primary N) is 1. The lowest BCUT2D eigenvalue weighted by Gasteiger charge is -2.43. The molecular formula is C22H29ClN6O. The van der Waals surface area contributed by atoms with Gasteiger partial charge < -0.3 is 11.1 Å². The molecule has 1 amide bonds. The van der Waals surface area contributed by atoms with Gasteiger partial charge >= 0.3 is 0 Å². The second kappa shape index (κ2) is 8.66. The number of rotatable bonds is 5. The van der Waals surface area contributed by atoms with Crippen LogP contribution in [0.25, 0.3) is 0 Å². The Labute approximate surface area is 182 Å². The molecule has 3 unspecified atom stereocenters. The number of hydrogen-bond donors (Lipinski definition) is 2. The number of carbonyl (C=O) groups excluding carboxylic acids is 1. The number of benzene rings is 1. The molecule has 1 aromatic carbocycles. The predicted octanol–water partition coefficient (Wildman–Crippen LogP) is 4.34. The SMILES string of the molecule is CN(C1CCC(n2cc(C(N)=O)c(Nc3ccc(Cl)cc3)n2)C(C#N)C1)C(C)(C)C. The fourth-order valence-corrected chi connectivity index (χ4v) is 4.12. The van der Waals surface area contributed by atoms with Gasteiger partial charge in [-0.1, -0.05) is 11.6 Å². The highest BCUT2D eigenvalue weighted by atomic mass is 35.5. The largest absolute Gasteiger partial charge is 0.365 e. The van der Waals surface area contributed by atoms with E-state index < -0.39 is 5.91 Å². The topological polar surface area (TPSA) is 100.0 Å².